The average Bonchev–Trinajstić information content (AvgIpc) is 2.85. The number of para-hydroxylation sites is 2. The Hall–Kier alpha value is -3.35. The van der Waals surface area contributed by atoms with Crippen LogP contribution >= 0.6 is 11.6 Å². The molecule has 0 aliphatic carbocycles. The Balaban J connectivity index is 1.45. The minimum absolute atomic E-state index is 0.299. The van der Waals surface area contributed by atoms with Crippen molar-refractivity contribution < 1.29 is 8.42 Å². The smallest absolute Gasteiger partial charge is 0.265 e. The lowest BCUT2D eigenvalue weighted by Crippen LogP contribution is -2.44. The van der Waals surface area contributed by atoms with Crippen molar-refractivity contribution in [2.45, 2.75) is 4.90 Å². The molecule has 5 nitrogen and oxygen atoms in total. The molecule has 0 atom stereocenters. The first kappa shape index (κ1) is 21.5. The third-order valence-electron chi connectivity index (χ3n) is 5.78. The molecule has 0 saturated carbocycles. The first-order valence-electron chi connectivity index (χ1n) is 10.7. The molecule has 33 heavy (non-hydrogen) atoms. The third-order valence-corrected chi connectivity index (χ3v) is 7.90. The van der Waals surface area contributed by atoms with Crippen LogP contribution in [0.5, 0.6) is 0 Å². The van der Waals surface area contributed by atoms with Crippen molar-refractivity contribution in [2.24, 2.45) is 0 Å². The molecule has 0 radical (unpaired) electrons. The number of benzene rings is 3. The molecular weight excluding hydrogens is 454 g/mol. The maximum absolute atomic E-state index is 13.8. The minimum atomic E-state index is -3.74. The van der Waals surface area contributed by atoms with Gasteiger partial charge in [-0.05, 0) is 42.0 Å². The highest BCUT2D eigenvalue weighted by Crippen LogP contribution is 2.37. The highest BCUT2D eigenvalue weighted by molar-refractivity contribution is 7.93. The Morgan fingerprint density at radius 1 is 0.909 bits per heavy atom. The summed E-state index contributed by atoms with van der Waals surface area (Å²) in [5, 5.41) is 2.19. The third kappa shape index (κ3) is 4.19. The Labute approximate surface area is 198 Å². The fraction of sp³-hybridized carbons (Fsp3) is 0.115. The van der Waals surface area contributed by atoms with Crippen molar-refractivity contribution in [3.05, 3.63) is 102 Å². The lowest BCUT2D eigenvalue weighted by atomic mass is 10.2. The van der Waals surface area contributed by atoms with E-state index in [2.05, 4.69) is 16.0 Å². The summed E-state index contributed by atoms with van der Waals surface area (Å²) in [5.41, 5.74) is 2.66. The normalized spacial score (nSPS) is 14.1. The van der Waals surface area contributed by atoms with Crippen LogP contribution < -0.4 is 9.21 Å². The number of rotatable bonds is 5. The van der Waals surface area contributed by atoms with Gasteiger partial charge in [-0.25, -0.2) is 8.42 Å². The van der Waals surface area contributed by atoms with Crippen LogP contribution in [0.25, 0.3) is 16.8 Å². The summed E-state index contributed by atoms with van der Waals surface area (Å²) in [6, 6.07) is 22.4. The Morgan fingerprint density at radius 3 is 2.52 bits per heavy atom. The number of nitrogens with zero attached hydrogens (tertiary/aromatic N) is 3. The topological polar surface area (TPSA) is 53.5 Å². The first-order valence-corrected chi connectivity index (χ1v) is 12.5. The molecule has 0 spiro atoms. The van der Waals surface area contributed by atoms with Crippen molar-refractivity contribution in [3.63, 3.8) is 0 Å². The van der Waals surface area contributed by atoms with E-state index in [1.54, 1.807) is 30.6 Å². The largest absolute Gasteiger partial charge is 0.364 e. The van der Waals surface area contributed by atoms with E-state index in [1.165, 1.54) is 4.31 Å². The van der Waals surface area contributed by atoms with Gasteiger partial charge >= 0.3 is 0 Å². The molecule has 7 heteroatoms. The number of hydrogen-bond donors (Lipinski definition) is 0. The lowest BCUT2D eigenvalue weighted by molar-refractivity contribution is 0.589. The fourth-order valence-corrected chi connectivity index (χ4v) is 5.97. The number of halogens is 1. The SMILES string of the molecule is O=S(=O)(c1cccc2cnccc12)N1CCN(C/C=C/c2ccc(Cl)cc2)c2ccccc21. The number of pyridine rings is 1. The summed E-state index contributed by atoms with van der Waals surface area (Å²) in [6.07, 6.45) is 7.45. The maximum Gasteiger partial charge on any atom is 0.265 e. The Bertz CT molecular complexity index is 1430. The molecule has 0 bridgehead atoms. The van der Waals surface area contributed by atoms with Crippen LogP contribution in [0, 0.1) is 0 Å². The summed E-state index contributed by atoms with van der Waals surface area (Å²) >= 11 is 5.96. The lowest BCUT2D eigenvalue weighted by Gasteiger charge is -2.37. The van der Waals surface area contributed by atoms with E-state index in [1.807, 2.05) is 60.7 Å². The zero-order chi connectivity index (χ0) is 22.8. The van der Waals surface area contributed by atoms with Crippen LogP contribution in [0.4, 0.5) is 11.4 Å². The molecule has 1 aliphatic rings. The van der Waals surface area contributed by atoms with Gasteiger partial charge in [-0.15, -0.1) is 0 Å². The van der Waals surface area contributed by atoms with Crippen molar-refractivity contribution in [1.29, 1.82) is 0 Å². The zero-order valence-electron chi connectivity index (χ0n) is 17.8. The van der Waals surface area contributed by atoms with Crippen molar-refractivity contribution >= 4 is 49.8 Å². The van der Waals surface area contributed by atoms with Crippen LogP contribution in [-0.4, -0.2) is 33.0 Å². The monoisotopic (exact) mass is 475 g/mol. The molecule has 5 rings (SSSR count). The Kier molecular flexibility index (Phi) is 5.79. The highest BCUT2D eigenvalue weighted by Gasteiger charge is 2.32. The molecular formula is C26H22ClN3O2S. The van der Waals surface area contributed by atoms with Crippen molar-refractivity contribution in [1.82, 2.24) is 4.98 Å². The van der Waals surface area contributed by atoms with E-state index in [0.717, 1.165) is 16.6 Å². The van der Waals surface area contributed by atoms with Gasteiger partial charge < -0.3 is 4.90 Å². The van der Waals surface area contributed by atoms with Crippen LogP contribution in [-0.2, 0) is 10.0 Å². The summed E-state index contributed by atoms with van der Waals surface area (Å²) in [4.78, 5) is 6.62. The molecule has 0 N–H and O–H groups in total. The summed E-state index contributed by atoms with van der Waals surface area (Å²) in [5.74, 6) is 0. The highest BCUT2D eigenvalue weighted by atomic mass is 35.5. The molecule has 166 valence electrons. The van der Waals surface area contributed by atoms with Gasteiger partial charge in [0.15, 0.2) is 0 Å². The predicted octanol–water partition coefficient (Wildman–Crippen LogP) is 5.62. The summed E-state index contributed by atoms with van der Waals surface area (Å²) in [6.45, 7) is 1.64. The number of aromatic nitrogens is 1. The second kappa shape index (κ2) is 8.89. The van der Waals surface area contributed by atoms with Gasteiger partial charge in [0.2, 0.25) is 0 Å². The van der Waals surface area contributed by atoms with Gasteiger partial charge in [0.25, 0.3) is 10.0 Å². The number of sulfonamides is 1. The molecule has 2 heterocycles. The van der Waals surface area contributed by atoms with Crippen LogP contribution in [0.1, 0.15) is 5.56 Å². The van der Waals surface area contributed by atoms with Gasteiger partial charge in [-0.2, -0.15) is 0 Å². The Morgan fingerprint density at radius 2 is 1.70 bits per heavy atom. The molecule has 4 aromatic rings. The molecule has 0 amide bonds. The van der Waals surface area contributed by atoms with Crippen molar-refractivity contribution in [2.75, 3.05) is 28.8 Å². The molecule has 0 saturated heterocycles. The second-order valence-electron chi connectivity index (χ2n) is 7.82. The molecule has 3 aromatic carbocycles. The number of anilines is 2. The number of hydrogen-bond acceptors (Lipinski definition) is 4. The van der Waals surface area contributed by atoms with E-state index in [4.69, 9.17) is 11.6 Å². The van der Waals surface area contributed by atoms with Gasteiger partial charge in [0.05, 0.1) is 22.8 Å². The van der Waals surface area contributed by atoms with E-state index >= 15 is 0 Å². The van der Waals surface area contributed by atoms with E-state index in [0.29, 0.717) is 40.6 Å². The van der Waals surface area contributed by atoms with E-state index in [-0.39, 0.29) is 0 Å². The quantitative estimate of drug-likeness (QED) is 0.376. The van der Waals surface area contributed by atoms with E-state index in [9.17, 15) is 8.42 Å². The molecule has 0 unspecified atom stereocenters. The van der Waals surface area contributed by atoms with Crippen LogP contribution in [0.3, 0.4) is 0 Å². The summed E-state index contributed by atoms with van der Waals surface area (Å²) < 4.78 is 29.0. The van der Waals surface area contributed by atoms with Crippen LogP contribution in [0.15, 0.2) is 96.2 Å². The first-order chi connectivity index (χ1) is 16.0. The molecule has 1 aromatic heterocycles. The fourth-order valence-electron chi connectivity index (χ4n) is 4.16. The van der Waals surface area contributed by atoms with Crippen LogP contribution in [0.2, 0.25) is 5.02 Å². The van der Waals surface area contributed by atoms with Crippen molar-refractivity contribution in [3.8, 4) is 0 Å². The van der Waals surface area contributed by atoms with E-state index < -0.39 is 10.0 Å². The average molecular weight is 476 g/mol. The standard InChI is InChI=1S/C26H22ClN3O2S/c27-22-12-10-20(11-13-22)5-4-16-29-17-18-30(25-8-2-1-7-24(25)29)33(31,32)26-9-3-6-21-19-28-15-14-23(21)26/h1-15,19H,16-18H2/b5-4+. The minimum Gasteiger partial charge on any atom is -0.364 e. The van der Waals surface area contributed by atoms with Gasteiger partial charge in [-0.1, -0.05) is 60.2 Å². The molecule has 1 aliphatic heterocycles. The van der Waals surface area contributed by atoms with Gasteiger partial charge in [0, 0.05) is 41.3 Å². The zero-order valence-corrected chi connectivity index (χ0v) is 19.4. The van der Waals surface area contributed by atoms with Gasteiger partial charge in [-0.3, -0.25) is 9.29 Å². The predicted molar refractivity (Wildman–Crippen MR) is 135 cm³/mol. The number of fused-ring (bicyclic) bond motifs is 2. The molecule has 0 fully saturated rings. The summed E-state index contributed by atoms with van der Waals surface area (Å²) in [7, 11) is -3.74. The maximum atomic E-state index is 13.8. The second-order valence-corrected chi connectivity index (χ2v) is 10.1. The van der Waals surface area contributed by atoms with Gasteiger partial charge in [0.1, 0.15) is 0 Å².